The van der Waals surface area contributed by atoms with Gasteiger partial charge in [-0.1, -0.05) is 5.16 Å². The van der Waals surface area contributed by atoms with Crippen LogP contribution in [0.3, 0.4) is 0 Å². The van der Waals surface area contributed by atoms with Crippen LogP contribution in [0.2, 0.25) is 0 Å². The number of nitrogens with one attached hydrogen (secondary N) is 1. The Morgan fingerprint density at radius 2 is 2.57 bits per heavy atom. The molecule has 0 bridgehead atoms. The molecule has 7 heteroatoms. The Kier molecular flexibility index (Phi) is 3.63. The van der Waals surface area contributed by atoms with Gasteiger partial charge in [-0.15, -0.1) is 0 Å². The zero-order chi connectivity index (χ0) is 10.6. The van der Waals surface area contributed by atoms with Gasteiger partial charge in [0.2, 0.25) is 0 Å². The second-order valence-corrected chi connectivity index (χ2v) is 3.25. The fourth-order valence-electron chi connectivity index (χ4n) is 0.734. The van der Waals surface area contributed by atoms with Gasteiger partial charge in [-0.3, -0.25) is 9.52 Å². The lowest BCUT2D eigenvalue weighted by atomic mass is 10.5. The number of carbonyl (C=O) groups excluding carboxylic acids is 1. The van der Waals surface area contributed by atoms with Gasteiger partial charge in [-0.05, 0) is 15.9 Å². The van der Waals surface area contributed by atoms with Crippen LogP contribution in [0.15, 0.2) is 15.8 Å². The summed E-state index contributed by atoms with van der Waals surface area (Å²) in [6.45, 7) is 0. The number of oxime groups is 1. The van der Waals surface area contributed by atoms with E-state index in [0.717, 1.165) is 4.47 Å². The van der Waals surface area contributed by atoms with E-state index in [1.54, 1.807) is 17.9 Å². The summed E-state index contributed by atoms with van der Waals surface area (Å²) in [6, 6.07) is 0. The van der Waals surface area contributed by atoms with Crippen LogP contribution in [0.25, 0.3) is 0 Å². The summed E-state index contributed by atoms with van der Waals surface area (Å²) in [5, 5.41) is 9.74. The first-order valence-corrected chi connectivity index (χ1v) is 4.54. The molecule has 0 unspecified atom stereocenters. The van der Waals surface area contributed by atoms with Crippen LogP contribution in [0, 0.1) is 0 Å². The van der Waals surface area contributed by atoms with Crippen LogP contribution in [0.4, 0.5) is 4.79 Å². The number of aryl methyl sites for hydroxylation is 1. The van der Waals surface area contributed by atoms with Crippen molar-refractivity contribution >= 4 is 28.2 Å². The van der Waals surface area contributed by atoms with E-state index < -0.39 is 6.09 Å². The van der Waals surface area contributed by atoms with Crippen molar-refractivity contribution in [3.8, 4) is 0 Å². The Labute approximate surface area is 89.0 Å². The van der Waals surface area contributed by atoms with E-state index in [4.69, 9.17) is 0 Å². The zero-order valence-corrected chi connectivity index (χ0v) is 9.28. The minimum absolute atomic E-state index is 0.594. The maximum absolute atomic E-state index is 10.6. The van der Waals surface area contributed by atoms with E-state index >= 15 is 0 Å². The summed E-state index contributed by atoms with van der Waals surface area (Å²) in [6.07, 6.45) is 2.49. The smallest absolute Gasteiger partial charge is 0.323 e. The summed E-state index contributed by atoms with van der Waals surface area (Å²) in [7, 11) is 3.23. The van der Waals surface area contributed by atoms with Crippen molar-refractivity contribution in [2.24, 2.45) is 12.2 Å². The standard InChI is InChI=1S/C7H9BrN4O2/c1-9-7(13)14-10-3-6-5(8)4-12(2)11-6/h3-4H,1-2H3,(H,9,13)/b10-3+. The van der Waals surface area contributed by atoms with Crippen LogP contribution < -0.4 is 5.32 Å². The summed E-state index contributed by atoms with van der Waals surface area (Å²) in [4.78, 5) is 15.0. The number of nitrogens with zero attached hydrogens (tertiary/aromatic N) is 3. The van der Waals surface area contributed by atoms with Crippen LogP contribution in [0.1, 0.15) is 5.69 Å². The predicted octanol–water partition coefficient (Wildman–Crippen LogP) is 0.872. The first kappa shape index (κ1) is 10.7. The highest BCUT2D eigenvalue weighted by atomic mass is 79.9. The molecule has 1 amide bonds. The first-order chi connectivity index (χ1) is 6.63. The SMILES string of the molecule is CNC(=O)O/N=C/c1nn(C)cc1Br. The molecular formula is C7H9BrN4O2. The molecule has 6 nitrogen and oxygen atoms in total. The van der Waals surface area contributed by atoms with Gasteiger partial charge in [0, 0.05) is 20.3 Å². The zero-order valence-electron chi connectivity index (χ0n) is 7.69. The van der Waals surface area contributed by atoms with Gasteiger partial charge in [0.25, 0.3) is 0 Å². The van der Waals surface area contributed by atoms with Crippen LogP contribution in [-0.4, -0.2) is 29.1 Å². The van der Waals surface area contributed by atoms with Crippen molar-refractivity contribution in [2.75, 3.05) is 7.05 Å². The molecule has 0 aliphatic rings. The Bertz CT molecular complexity index is 361. The van der Waals surface area contributed by atoms with E-state index in [2.05, 4.69) is 36.3 Å². The number of aromatic nitrogens is 2. The van der Waals surface area contributed by atoms with Gasteiger partial charge >= 0.3 is 6.09 Å². The fraction of sp³-hybridized carbons (Fsp3) is 0.286. The molecule has 0 aromatic carbocycles. The van der Waals surface area contributed by atoms with Crippen molar-refractivity contribution in [1.29, 1.82) is 0 Å². The van der Waals surface area contributed by atoms with Gasteiger partial charge in [0.05, 0.1) is 10.7 Å². The molecule has 1 rings (SSSR count). The number of hydrogen-bond acceptors (Lipinski definition) is 4. The largest absolute Gasteiger partial charge is 0.433 e. The van der Waals surface area contributed by atoms with Gasteiger partial charge in [0.15, 0.2) is 0 Å². The first-order valence-electron chi connectivity index (χ1n) is 3.74. The molecule has 0 aliphatic heterocycles. The lowest BCUT2D eigenvalue weighted by molar-refractivity contribution is 0.154. The molecule has 76 valence electrons. The molecule has 0 atom stereocenters. The van der Waals surface area contributed by atoms with Crippen LogP contribution in [-0.2, 0) is 11.9 Å². The number of hydrogen-bond donors (Lipinski definition) is 1. The molecule has 14 heavy (non-hydrogen) atoms. The summed E-state index contributed by atoms with van der Waals surface area (Å²) < 4.78 is 2.40. The Balaban J connectivity index is 2.60. The third-order valence-corrected chi connectivity index (χ3v) is 1.94. The van der Waals surface area contributed by atoms with Crippen molar-refractivity contribution in [3.05, 3.63) is 16.4 Å². The van der Waals surface area contributed by atoms with E-state index in [0.29, 0.717) is 5.69 Å². The highest BCUT2D eigenvalue weighted by Crippen LogP contribution is 2.11. The summed E-state index contributed by atoms with van der Waals surface area (Å²) in [5.74, 6) is 0. The molecule has 0 fully saturated rings. The minimum atomic E-state index is -0.617. The van der Waals surface area contributed by atoms with Crippen molar-refractivity contribution in [1.82, 2.24) is 15.1 Å². The van der Waals surface area contributed by atoms with Crippen molar-refractivity contribution in [3.63, 3.8) is 0 Å². The van der Waals surface area contributed by atoms with Gasteiger partial charge < -0.3 is 5.32 Å². The maximum atomic E-state index is 10.6. The van der Waals surface area contributed by atoms with Crippen LogP contribution >= 0.6 is 15.9 Å². The number of rotatable bonds is 2. The lowest BCUT2D eigenvalue weighted by Crippen LogP contribution is -2.16. The third-order valence-electron chi connectivity index (χ3n) is 1.33. The van der Waals surface area contributed by atoms with Gasteiger partial charge in [-0.2, -0.15) is 5.10 Å². The quantitative estimate of drug-likeness (QED) is 0.488. The molecule has 1 heterocycles. The van der Waals surface area contributed by atoms with E-state index in [1.807, 2.05) is 0 Å². The van der Waals surface area contributed by atoms with E-state index in [1.165, 1.54) is 13.3 Å². The average Bonchev–Trinajstić information content (AvgIpc) is 2.45. The van der Waals surface area contributed by atoms with Gasteiger partial charge in [0.1, 0.15) is 5.69 Å². The summed E-state index contributed by atoms with van der Waals surface area (Å²) in [5.41, 5.74) is 0.594. The molecular weight excluding hydrogens is 252 g/mol. The van der Waals surface area contributed by atoms with E-state index in [-0.39, 0.29) is 0 Å². The number of amides is 1. The Morgan fingerprint density at radius 1 is 1.86 bits per heavy atom. The predicted molar refractivity (Wildman–Crippen MR) is 54.0 cm³/mol. The van der Waals surface area contributed by atoms with Gasteiger partial charge in [-0.25, -0.2) is 4.79 Å². The summed E-state index contributed by atoms with van der Waals surface area (Å²) >= 11 is 3.27. The molecule has 1 aromatic heterocycles. The Hall–Kier alpha value is -1.37. The Morgan fingerprint density at radius 3 is 3.07 bits per heavy atom. The molecule has 1 aromatic rings. The van der Waals surface area contributed by atoms with Crippen molar-refractivity contribution < 1.29 is 9.63 Å². The molecule has 0 saturated heterocycles. The molecule has 0 aliphatic carbocycles. The average molecular weight is 261 g/mol. The number of halogens is 1. The van der Waals surface area contributed by atoms with E-state index in [9.17, 15) is 4.79 Å². The second kappa shape index (κ2) is 4.75. The normalized spacial score (nSPS) is 10.5. The molecule has 0 spiro atoms. The molecule has 1 N–H and O–H groups in total. The molecule has 0 saturated carbocycles. The minimum Gasteiger partial charge on any atom is -0.323 e. The second-order valence-electron chi connectivity index (χ2n) is 2.40. The fourth-order valence-corrected chi connectivity index (χ4v) is 1.21. The maximum Gasteiger partial charge on any atom is 0.433 e. The number of carbonyl (C=O) groups is 1. The topological polar surface area (TPSA) is 68.5 Å². The van der Waals surface area contributed by atoms with Crippen molar-refractivity contribution in [2.45, 2.75) is 0 Å². The van der Waals surface area contributed by atoms with Crippen LogP contribution in [0.5, 0.6) is 0 Å². The highest BCUT2D eigenvalue weighted by molar-refractivity contribution is 9.10. The lowest BCUT2D eigenvalue weighted by Gasteiger charge is -1.92. The monoisotopic (exact) mass is 260 g/mol. The highest BCUT2D eigenvalue weighted by Gasteiger charge is 2.01. The third kappa shape index (κ3) is 2.84. The molecule has 0 radical (unpaired) electrons.